The Bertz CT molecular complexity index is 1800. The summed E-state index contributed by atoms with van der Waals surface area (Å²) < 4.78 is 36.4. The van der Waals surface area contributed by atoms with Gasteiger partial charge < -0.3 is 36.5 Å². The number of nitrogens with two attached hydrogens (primary N) is 1. The van der Waals surface area contributed by atoms with Gasteiger partial charge in [-0.3, -0.25) is 19.1 Å². The summed E-state index contributed by atoms with van der Waals surface area (Å²) >= 11 is 0. The molecule has 8 N–H and O–H groups in total. The molecule has 1 atom stereocenters. The van der Waals surface area contributed by atoms with E-state index in [1.165, 1.54) is 12.1 Å². The van der Waals surface area contributed by atoms with Gasteiger partial charge in [0, 0.05) is 62.5 Å². The number of carboxylic acids is 1. The van der Waals surface area contributed by atoms with Crippen molar-refractivity contribution in [1.82, 2.24) is 35.1 Å². The summed E-state index contributed by atoms with van der Waals surface area (Å²) in [5.41, 5.74) is 7.15. The zero-order chi connectivity index (χ0) is 34.7. The van der Waals surface area contributed by atoms with E-state index in [9.17, 15) is 27.9 Å². The molecule has 0 radical (unpaired) electrons. The van der Waals surface area contributed by atoms with Crippen molar-refractivity contribution in [2.75, 3.05) is 38.1 Å². The van der Waals surface area contributed by atoms with Gasteiger partial charge in [0.05, 0.1) is 23.2 Å². The Kier molecular flexibility index (Phi) is 12.5. The third-order valence-corrected chi connectivity index (χ3v) is 9.07. The number of ether oxygens (including phenoxy) is 1. The summed E-state index contributed by atoms with van der Waals surface area (Å²) in [4.78, 5) is 43.7. The summed E-state index contributed by atoms with van der Waals surface area (Å²) in [6.07, 6.45) is 6.52. The number of carbonyl (C=O) groups is 3. The van der Waals surface area contributed by atoms with Crippen LogP contribution in [0.1, 0.15) is 40.7 Å². The number of aromatic amines is 1. The van der Waals surface area contributed by atoms with Crippen LogP contribution in [0.4, 0.5) is 5.95 Å². The summed E-state index contributed by atoms with van der Waals surface area (Å²) in [6, 6.07) is 6.42. The summed E-state index contributed by atoms with van der Waals surface area (Å²) in [6.45, 7) is 4.95. The van der Waals surface area contributed by atoms with E-state index in [1.54, 1.807) is 50.6 Å². The number of benzene rings is 2. The lowest BCUT2D eigenvalue weighted by Gasteiger charge is -2.19. The fraction of sp³-hybridized carbons (Fsp3) is 0.387. The van der Waals surface area contributed by atoms with E-state index in [0.29, 0.717) is 55.4 Å². The number of H-pyrrole nitrogens is 1. The van der Waals surface area contributed by atoms with Crippen LogP contribution in [0.3, 0.4) is 0 Å². The molecule has 0 aliphatic heterocycles. The molecule has 258 valence electrons. The number of amides is 2. The standard InChI is InChI=1S/C31H41N9O7S/c1-20-15-24(47-14-3-5-27(41)33-10-8-32)16-21(2)28(20)48(45,46)39-25(30(43)44)19-37-29(42)22-6-7-26-23(17-22)18-38-40(26)13-4-9-34-31-35-11-12-36-31/h6-7,11-12,15-18,25,39H,3-5,8-10,13-14,19,32H2,1-2H3,(H,33,41)(H,37,42)(H,43,44)(H2,34,35,36)/t25-/m0/s1. The van der Waals surface area contributed by atoms with Crippen molar-refractivity contribution in [3.05, 3.63) is 65.6 Å². The highest BCUT2D eigenvalue weighted by Gasteiger charge is 2.29. The number of imidazole rings is 1. The maximum absolute atomic E-state index is 13.3. The van der Waals surface area contributed by atoms with Crippen molar-refractivity contribution >= 4 is 44.7 Å². The smallest absolute Gasteiger partial charge is 0.323 e. The van der Waals surface area contributed by atoms with E-state index in [0.717, 1.165) is 17.3 Å². The molecule has 0 aliphatic rings. The number of hydrogen-bond donors (Lipinski definition) is 7. The zero-order valence-corrected chi connectivity index (χ0v) is 27.6. The molecule has 0 saturated heterocycles. The second kappa shape index (κ2) is 16.7. The number of hydrogen-bond acceptors (Lipinski definition) is 10. The number of aliphatic carboxylic acids is 1. The first-order valence-corrected chi connectivity index (χ1v) is 16.9. The quantitative estimate of drug-likeness (QED) is 0.0695. The number of carbonyl (C=O) groups excluding carboxylic acids is 2. The Morgan fingerprint density at radius 2 is 1.85 bits per heavy atom. The molecular weight excluding hydrogens is 642 g/mol. The molecule has 17 heteroatoms. The number of aryl methyl sites for hydroxylation is 3. The first-order chi connectivity index (χ1) is 23.0. The molecule has 0 bridgehead atoms. The van der Waals surface area contributed by atoms with E-state index in [1.807, 2.05) is 4.68 Å². The molecular formula is C31H41N9O7S. The van der Waals surface area contributed by atoms with Crippen LogP contribution in [0.15, 0.2) is 53.8 Å². The highest BCUT2D eigenvalue weighted by Crippen LogP contribution is 2.26. The average Bonchev–Trinajstić information content (AvgIpc) is 3.71. The first kappa shape index (κ1) is 35.8. The van der Waals surface area contributed by atoms with Crippen molar-refractivity contribution in [3.63, 3.8) is 0 Å². The van der Waals surface area contributed by atoms with Gasteiger partial charge in [-0.1, -0.05) is 0 Å². The molecule has 0 fully saturated rings. The van der Waals surface area contributed by atoms with Crippen LogP contribution < -0.4 is 31.1 Å². The van der Waals surface area contributed by atoms with Crippen molar-refractivity contribution in [2.24, 2.45) is 5.73 Å². The van der Waals surface area contributed by atoms with Crippen LogP contribution in [0.5, 0.6) is 5.75 Å². The van der Waals surface area contributed by atoms with Gasteiger partial charge in [0.1, 0.15) is 11.8 Å². The Balaban J connectivity index is 1.32. The number of nitrogens with one attached hydrogen (secondary N) is 5. The fourth-order valence-electron chi connectivity index (χ4n) is 5.07. The van der Waals surface area contributed by atoms with Crippen LogP contribution in [0.2, 0.25) is 0 Å². The highest BCUT2D eigenvalue weighted by atomic mass is 32.2. The Morgan fingerprint density at radius 3 is 2.54 bits per heavy atom. The van der Waals surface area contributed by atoms with Crippen molar-refractivity contribution in [3.8, 4) is 5.75 Å². The lowest BCUT2D eigenvalue weighted by atomic mass is 10.1. The second-order valence-corrected chi connectivity index (χ2v) is 12.7. The van der Waals surface area contributed by atoms with Gasteiger partial charge in [-0.05, 0) is 68.1 Å². The number of sulfonamides is 1. The third-order valence-electron chi connectivity index (χ3n) is 7.29. The van der Waals surface area contributed by atoms with Gasteiger partial charge in [0.2, 0.25) is 15.9 Å². The topological polar surface area (TPSA) is 235 Å². The maximum atomic E-state index is 13.3. The minimum atomic E-state index is -4.31. The third kappa shape index (κ3) is 9.76. The lowest BCUT2D eigenvalue weighted by Crippen LogP contribution is -2.48. The van der Waals surface area contributed by atoms with Crippen molar-refractivity contribution < 1.29 is 32.6 Å². The number of nitrogens with zero attached hydrogens (tertiary/aromatic N) is 3. The highest BCUT2D eigenvalue weighted by molar-refractivity contribution is 7.89. The molecule has 0 unspecified atom stereocenters. The van der Waals surface area contributed by atoms with E-state index in [4.69, 9.17) is 10.5 Å². The Morgan fingerprint density at radius 1 is 1.08 bits per heavy atom. The molecule has 0 aliphatic carbocycles. The fourth-order valence-corrected chi connectivity index (χ4v) is 6.71. The molecule has 2 aromatic heterocycles. The van der Waals surface area contributed by atoms with E-state index < -0.39 is 34.5 Å². The SMILES string of the molecule is Cc1cc(OCCCC(=O)NCCN)cc(C)c1S(=O)(=O)N[C@@H](CNC(=O)c1ccc2c(cnn2CCCNc2ncc[nH]2)c1)C(=O)O. The van der Waals surface area contributed by atoms with Crippen LogP contribution >= 0.6 is 0 Å². The number of anilines is 1. The number of aromatic nitrogens is 4. The predicted molar refractivity (Wildman–Crippen MR) is 178 cm³/mol. The number of fused-ring (bicyclic) bond motifs is 1. The first-order valence-electron chi connectivity index (χ1n) is 15.4. The average molecular weight is 684 g/mol. The van der Waals surface area contributed by atoms with E-state index >= 15 is 0 Å². The Hall–Kier alpha value is -5.00. The second-order valence-electron chi connectivity index (χ2n) is 11.1. The van der Waals surface area contributed by atoms with Crippen LogP contribution in [0.25, 0.3) is 10.9 Å². The molecule has 48 heavy (non-hydrogen) atoms. The number of rotatable bonds is 19. The van der Waals surface area contributed by atoms with Crippen molar-refractivity contribution in [2.45, 2.75) is 50.6 Å². The summed E-state index contributed by atoms with van der Waals surface area (Å²) in [7, 11) is -4.31. The lowest BCUT2D eigenvalue weighted by molar-refractivity contribution is -0.138. The normalized spacial score (nSPS) is 12.1. The molecule has 2 aromatic carbocycles. The largest absolute Gasteiger partial charge is 0.494 e. The Labute approximate surface area is 277 Å². The van der Waals surface area contributed by atoms with Gasteiger partial charge in [0.15, 0.2) is 5.95 Å². The summed E-state index contributed by atoms with van der Waals surface area (Å²) in [5, 5.41) is 23.3. The predicted octanol–water partition coefficient (Wildman–Crippen LogP) is 1.27. The molecule has 0 saturated carbocycles. The van der Waals surface area contributed by atoms with Crippen LogP contribution in [0, 0.1) is 13.8 Å². The monoisotopic (exact) mass is 683 g/mol. The van der Waals surface area contributed by atoms with Gasteiger partial charge in [-0.15, -0.1) is 0 Å². The number of carboxylic acid groups (broad SMARTS) is 1. The van der Waals surface area contributed by atoms with Crippen molar-refractivity contribution in [1.29, 1.82) is 0 Å². The molecule has 16 nitrogen and oxygen atoms in total. The van der Waals surface area contributed by atoms with Crippen LogP contribution in [-0.2, 0) is 26.2 Å². The minimum Gasteiger partial charge on any atom is -0.494 e. The summed E-state index contributed by atoms with van der Waals surface area (Å²) in [5.74, 6) is -1.05. The minimum absolute atomic E-state index is 0.0900. The van der Waals surface area contributed by atoms with E-state index in [-0.39, 0.29) is 29.4 Å². The maximum Gasteiger partial charge on any atom is 0.323 e. The zero-order valence-electron chi connectivity index (χ0n) is 26.8. The molecule has 2 amide bonds. The van der Waals surface area contributed by atoms with Gasteiger partial charge >= 0.3 is 5.97 Å². The van der Waals surface area contributed by atoms with E-state index in [2.05, 4.69) is 35.7 Å². The van der Waals surface area contributed by atoms with Crippen LogP contribution in [-0.4, -0.2) is 89.9 Å². The molecule has 4 rings (SSSR count). The van der Waals surface area contributed by atoms with Gasteiger partial charge in [-0.25, -0.2) is 13.4 Å². The molecule has 0 spiro atoms. The van der Waals surface area contributed by atoms with Gasteiger partial charge in [0.25, 0.3) is 5.91 Å². The van der Waals surface area contributed by atoms with Gasteiger partial charge in [-0.2, -0.15) is 9.82 Å². The molecule has 4 aromatic rings. The molecule has 2 heterocycles.